The molecule has 1 N–H and O–H groups in total. The van der Waals surface area contributed by atoms with Gasteiger partial charge in [0.1, 0.15) is 5.65 Å². The van der Waals surface area contributed by atoms with E-state index >= 15 is 0 Å². The van der Waals surface area contributed by atoms with E-state index in [-0.39, 0.29) is 0 Å². The van der Waals surface area contributed by atoms with Crippen LogP contribution in [0.15, 0.2) is 30.7 Å². The van der Waals surface area contributed by atoms with Gasteiger partial charge in [-0.1, -0.05) is 0 Å². The molecule has 2 aromatic rings. The van der Waals surface area contributed by atoms with Gasteiger partial charge in [-0.05, 0) is 12.1 Å². The second kappa shape index (κ2) is 3.01. The number of hydrogen-bond donors (Lipinski definition) is 1. The summed E-state index contributed by atoms with van der Waals surface area (Å²) in [6, 6.07) is 2.39. The highest BCUT2D eigenvalue weighted by Gasteiger charge is 2.41. The number of imidazole rings is 1. The Labute approximate surface area is 82.8 Å². The number of halogens is 2. The Morgan fingerprint density at radius 1 is 1.47 bits per heavy atom. The molecule has 0 saturated heterocycles. The molecule has 0 atom stereocenters. The van der Waals surface area contributed by atoms with E-state index in [9.17, 15) is 13.6 Å². The first-order valence-electron chi connectivity index (χ1n) is 4.06. The summed E-state index contributed by atoms with van der Waals surface area (Å²) in [4.78, 5) is 14.2. The van der Waals surface area contributed by atoms with Gasteiger partial charge in [0.2, 0.25) is 0 Å². The molecule has 78 valence electrons. The molecule has 0 fully saturated rings. The topological polar surface area (TPSA) is 54.6 Å². The van der Waals surface area contributed by atoms with Gasteiger partial charge in [0.05, 0.1) is 0 Å². The number of rotatable bonds is 2. The number of carbonyl (C=O) groups is 1. The van der Waals surface area contributed by atoms with Crippen LogP contribution in [0, 0.1) is 0 Å². The van der Waals surface area contributed by atoms with Crippen LogP contribution in [0.5, 0.6) is 0 Å². The number of pyridine rings is 1. The fourth-order valence-corrected chi connectivity index (χ4v) is 1.23. The molecule has 0 saturated carbocycles. The number of carboxylic acids is 1. The van der Waals surface area contributed by atoms with Crippen LogP contribution in [-0.4, -0.2) is 20.5 Å². The lowest BCUT2D eigenvalue weighted by Gasteiger charge is -2.11. The summed E-state index contributed by atoms with van der Waals surface area (Å²) in [5, 5.41) is 8.34. The van der Waals surface area contributed by atoms with E-state index in [1.807, 2.05) is 0 Å². The van der Waals surface area contributed by atoms with Gasteiger partial charge in [0.15, 0.2) is 0 Å². The normalized spacial score (nSPS) is 11.9. The quantitative estimate of drug-likeness (QED) is 0.820. The van der Waals surface area contributed by atoms with Gasteiger partial charge in [-0.25, -0.2) is 9.78 Å². The Balaban J connectivity index is 2.57. The van der Waals surface area contributed by atoms with Crippen LogP contribution >= 0.6 is 0 Å². The summed E-state index contributed by atoms with van der Waals surface area (Å²) in [5.41, 5.74) is -0.0829. The summed E-state index contributed by atoms with van der Waals surface area (Å²) in [7, 11) is 0. The van der Waals surface area contributed by atoms with E-state index in [1.54, 1.807) is 0 Å². The van der Waals surface area contributed by atoms with Crippen molar-refractivity contribution < 1.29 is 18.7 Å². The molecule has 4 nitrogen and oxygen atoms in total. The van der Waals surface area contributed by atoms with Gasteiger partial charge in [-0.15, -0.1) is 0 Å². The summed E-state index contributed by atoms with van der Waals surface area (Å²) in [5.74, 6) is -6.04. The number of aliphatic carboxylic acids is 1. The van der Waals surface area contributed by atoms with E-state index in [4.69, 9.17) is 5.11 Å². The third kappa shape index (κ3) is 1.43. The maximum atomic E-state index is 13.1. The summed E-state index contributed by atoms with van der Waals surface area (Å²) in [6.45, 7) is 0. The lowest BCUT2D eigenvalue weighted by molar-refractivity contribution is -0.166. The average Bonchev–Trinajstić information content (AvgIpc) is 2.63. The Bertz CT molecular complexity index is 522. The highest BCUT2D eigenvalue weighted by atomic mass is 19.3. The van der Waals surface area contributed by atoms with E-state index in [0.717, 1.165) is 12.3 Å². The Morgan fingerprint density at radius 3 is 2.87 bits per heavy atom. The zero-order valence-electron chi connectivity index (χ0n) is 7.39. The van der Waals surface area contributed by atoms with Crippen LogP contribution in [0.25, 0.3) is 5.65 Å². The molecule has 0 bridgehead atoms. The van der Waals surface area contributed by atoms with E-state index in [0.29, 0.717) is 5.65 Å². The molecule has 0 aliphatic carbocycles. The van der Waals surface area contributed by atoms with Crippen molar-refractivity contribution in [3.05, 3.63) is 36.3 Å². The molecule has 0 aliphatic heterocycles. The van der Waals surface area contributed by atoms with Gasteiger partial charge in [-0.2, -0.15) is 8.78 Å². The SMILES string of the molecule is O=C(O)C(F)(F)c1ccc2nccn2c1. The van der Waals surface area contributed by atoms with Gasteiger partial charge in [0, 0.05) is 24.2 Å². The highest BCUT2D eigenvalue weighted by molar-refractivity contribution is 5.77. The van der Waals surface area contributed by atoms with E-state index in [1.165, 1.54) is 22.9 Å². The number of hydrogen-bond acceptors (Lipinski definition) is 2. The van der Waals surface area contributed by atoms with E-state index in [2.05, 4.69) is 4.98 Å². The molecule has 2 heterocycles. The van der Waals surface area contributed by atoms with Crippen LogP contribution < -0.4 is 0 Å². The first-order chi connectivity index (χ1) is 7.01. The number of nitrogens with zero attached hydrogens (tertiary/aromatic N) is 2. The third-order valence-electron chi connectivity index (χ3n) is 2.02. The zero-order valence-corrected chi connectivity index (χ0v) is 7.39. The molecule has 15 heavy (non-hydrogen) atoms. The van der Waals surface area contributed by atoms with Crippen molar-refractivity contribution in [2.75, 3.05) is 0 Å². The molecule has 6 heteroatoms. The fraction of sp³-hybridized carbons (Fsp3) is 0.111. The number of aromatic nitrogens is 2. The molecular formula is C9H6F2N2O2. The van der Waals surface area contributed by atoms with Crippen LogP contribution in [0.2, 0.25) is 0 Å². The number of carboxylic acid groups (broad SMARTS) is 1. The molecule has 0 unspecified atom stereocenters. The van der Waals surface area contributed by atoms with Crippen molar-refractivity contribution in [2.45, 2.75) is 5.92 Å². The molecule has 0 spiro atoms. The van der Waals surface area contributed by atoms with Gasteiger partial charge in [0.25, 0.3) is 0 Å². The van der Waals surface area contributed by atoms with Gasteiger partial charge < -0.3 is 9.51 Å². The Kier molecular flexibility index (Phi) is 1.92. The van der Waals surface area contributed by atoms with Gasteiger partial charge in [-0.3, -0.25) is 0 Å². The number of alkyl halides is 2. The molecule has 0 aliphatic rings. The fourth-order valence-electron chi connectivity index (χ4n) is 1.23. The van der Waals surface area contributed by atoms with Crippen molar-refractivity contribution in [2.24, 2.45) is 0 Å². The van der Waals surface area contributed by atoms with Gasteiger partial charge >= 0.3 is 11.9 Å². The lowest BCUT2D eigenvalue weighted by Crippen LogP contribution is -2.25. The Morgan fingerprint density at radius 2 is 2.20 bits per heavy atom. The maximum absolute atomic E-state index is 13.1. The first kappa shape index (κ1) is 9.57. The lowest BCUT2D eigenvalue weighted by atomic mass is 10.1. The average molecular weight is 212 g/mol. The second-order valence-corrected chi connectivity index (χ2v) is 2.99. The van der Waals surface area contributed by atoms with Crippen LogP contribution in [-0.2, 0) is 10.7 Å². The summed E-state index contributed by atoms with van der Waals surface area (Å²) in [6.07, 6.45) is 3.96. The monoisotopic (exact) mass is 212 g/mol. The second-order valence-electron chi connectivity index (χ2n) is 2.99. The highest BCUT2D eigenvalue weighted by Crippen LogP contribution is 2.28. The van der Waals surface area contributed by atoms with E-state index < -0.39 is 17.5 Å². The zero-order chi connectivity index (χ0) is 11.1. The molecule has 2 rings (SSSR count). The predicted molar refractivity (Wildman–Crippen MR) is 46.7 cm³/mol. The standard InChI is InChI=1S/C9H6F2N2O2/c10-9(11,8(14)15)6-1-2-7-12-3-4-13(7)5-6/h1-5H,(H,14,15). The van der Waals surface area contributed by atoms with Crippen LogP contribution in [0.4, 0.5) is 8.78 Å². The largest absolute Gasteiger partial charge is 0.477 e. The summed E-state index contributed by atoms with van der Waals surface area (Å²) < 4.78 is 27.5. The number of fused-ring (bicyclic) bond motifs is 1. The van der Waals surface area contributed by atoms with Crippen LogP contribution in [0.1, 0.15) is 5.56 Å². The minimum Gasteiger partial charge on any atom is -0.477 e. The Hall–Kier alpha value is -1.98. The molecule has 0 aromatic carbocycles. The first-order valence-corrected chi connectivity index (χ1v) is 4.06. The maximum Gasteiger partial charge on any atom is 0.379 e. The summed E-state index contributed by atoms with van der Waals surface area (Å²) >= 11 is 0. The van der Waals surface area contributed by atoms with Crippen LogP contribution in [0.3, 0.4) is 0 Å². The molecule has 0 radical (unpaired) electrons. The predicted octanol–water partition coefficient (Wildman–Crippen LogP) is 1.51. The van der Waals surface area contributed by atoms with Crippen molar-refractivity contribution >= 4 is 11.6 Å². The van der Waals surface area contributed by atoms with Crippen molar-refractivity contribution in [3.63, 3.8) is 0 Å². The molecule has 2 aromatic heterocycles. The minimum atomic E-state index is -3.88. The van der Waals surface area contributed by atoms with Crippen molar-refractivity contribution in [1.82, 2.24) is 9.38 Å². The molecule has 0 amide bonds. The third-order valence-corrected chi connectivity index (χ3v) is 2.02. The van der Waals surface area contributed by atoms with Crippen molar-refractivity contribution in [3.8, 4) is 0 Å². The minimum absolute atomic E-state index is 0.486. The van der Waals surface area contributed by atoms with Crippen molar-refractivity contribution in [1.29, 1.82) is 0 Å². The molecular weight excluding hydrogens is 206 g/mol. The smallest absolute Gasteiger partial charge is 0.379 e.